The largest absolute Gasteiger partial charge is 0.481 e. The first-order valence-corrected chi connectivity index (χ1v) is 6.63. The monoisotopic (exact) mass is 282 g/mol. The lowest BCUT2D eigenvalue weighted by molar-refractivity contribution is -0.148. The van der Waals surface area contributed by atoms with Gasteiger partial charge in [0, 0.05) is 19.5 Å². The van der Waals surface area contributed by atoms with Crippen LogP contribution in [-0.4, -0.2) is 40.3 Å². The molecule has 0 aromatic carbocycles. The molecule has 1 aromatic heterocycles. The van der Waals surface area contributed by atoms with Gasteiger partial charge in [0.05, 0.1) is 5.41 Å². The molecule has 0 spiro atoms. The van der Waals surface area contributed by atoms with Gasteiger partial charge in [-0.3, -0.25) is 4.79 Å². The number of carbonyl (C=O) groups is 2. The minimum Gasteiger partial charge on any atom is -0.481 e. The van der Waals surface area contributed by atoms with Crippen LogP contribution in [0, 0.1) is 5.41 Å². The van der Waals surface area contributed by atoms with Crippen LogP contribution in [0.4, 0.5) is 4.79 Å². The van der Waals surface area contributed by atoms with Crippen molar-refractivity contribution in [2.24, 2.45) is 5.41 Å². The zero-order valence-electron chi connectivity index (χ0n) is 11.1. The van der Waals surface area contributed by atoms with Crippen LogP contribution in [0.3, 0.4) is 0 Å². The number of hydrogen-bond acceptors (Lipinski definition) is 5. The Morgan fingerprint density at radius 2 is 2.10 bits per heavy atom. The van der Waals surface area contributed by atoms with E-state index in [0.29, 0.717) is 31.7 Å². The third-order valence-electron chi connectivity index (χ3n) is 3.63. The number of aromatic nitrogens is 2. The predicted octanol–water partition coefficient (Wildman–Crippen LogP) is 0.556. The van der Waals surface area contributed by atoms with Crippen molar-refractivity contribution in [2.45, 2.75) is 32.1 Å². The fraction of sp³-hybridized carbons (Fsp3) is 0.667. The number of aliphatic carboxylic acids is 1. The van der Waals surface area contributed by atoms with Gasteiger partial charge in [-0.25, -0.2) is 4.79 Å². The van der Waals surface area contributed by atoms with Gasteiger partial charge in [-0.05, 0) is 12.8 Å². The van der Waals surface area contributed by atoms with E-state index >= 15 is 0 Å². The van der Waals surface area contributed by atoms with Crippen molar-refractivity contribution in [1.82, 2.24) is 20.8 Å². The number of nitrogens with one attached hydrogen (secondary N) is 2. The highest BCUT2D eigenvalue weighted by atomic mass is 16.5. The summed E-state index contributed by atoms with van der Waals surface area (Å²) in [6, 6.07) is -0.378. The maximum atomic E-state index is 11.6. The van der Waals surface area contributed by atoms with Crippen molar-refractivity contribution in [3.63, 3.8) is 0 Å². The van der Waals surface area contributed by atoms with Crippen LogP contribution in [0.25, 0.3) is 0 Å². The molecule has 1 aliphatic rings. The maximum absolute atomic E-state index is 11.6. The Balaban J connectivity index is 1.70. The molecule has 20 heavy (non-hydrogen) atoms. The Morgan fingerprint density at radius 1 is 1.35 bits per heavy atom. The average molecular weight is 282 g/mol. The van der Waals surface area contributed by atoms with E-state index in [9.17, 15) is 14.7 Å². The summed E-state index contributed by atoms with van der Waals surface area (Å²) in [5.74, 6) is -0.385. The summed E-state index contributed by atoms with van der Waals surface area (Å²) in [5, 5.41) is 18.0. The van der Waals surface area contributed by atoms with Crippen LogP contribution in [0.2, 0.25) is 0 Å². The number of urea groups is 1. The lowest BCUT2D eigenvalue weighted by Crippen LogP contribution is -2.45. The van der Waals surface area contributed by atoms with Crippen molar-refractivity contribution in [1.29, 1.82) is 0 Å². The van der Waals surface area contributed by atoms with E-state index in [1.807, 2.05) is 0 Å². The number of amides is 2. The van der Waals surface area contributed by atoms with Gasteiger partial charge in [-0.2, -0.15) is 4.98 Å². The van der Waals surface area contributed by atoms with E-state index in [0.717, 1.165) is 12.8 Å². The molecule has 1 saturated carbocycles. The van der Waals surface area contributed by atoms with Crippen molar-refractivity contribution in [2.75, 3.05) is 13.1 Å². The molecule has 1 aromatic rings. The van der Waals surface area contributed by atoms with Crippen LogP contribution < -0.4 is 10.6 Å². The van der Waals surface area contributed by atoms with Gasteiger partial charge in [0.1, 0.15) is 0 Å². The minimum absolute atomic E-state index is 0.161. The molecule has 1 fully saturated rings. The average Bonchev–Trinajstić information content (AvgIpc) is 3.08. The number of carboxylic acids is 1. The number of carbonyl (C=O) groups excluding carboxylic acids is 1. The second-order valence-corrected chi connectivity index (χ2v) is 4.99. The molecule has 0 aliphatic heterocycles. The fourth-order valence-electron chi connectivity index (χ4n) is 2.42. The van der Waals surface area contributed by atoms with Crippen LogP contribution >= 0.6 is 0 Å². The molecule has 2 rings (SSSR count). The second kappa shape index (κ2) is 6.36. The van der Waals surface area contributed by atoms with E-state index < -0.39 is 11.4 Å². The van der Waals surface area contributed by atoms with Crippen LogP contribution in [0.1, 0.15) is 31.6 Å². The van der Waals surface area contributed by atoms with Gasteiger partial charge in [0.15, 0.2) is 6.33 Å². The third-order valence-corrected chi connectivity index (χ3v) is 3.63. The molecular formula is C12H18N4O4. The Hall–Kier alpha value is -2.12. The zero-order chi connectivity index (χ0) is 14.4. The lowest BCUT2D eigenvalue weighted by Gasteiger charge is -2.23. The first kappa shape index (κ1) is 14.3. The quantitative estimate of drug-likeness (QED) is 0.701. The molecule has 0 bridgehead atoms. The highest BCUT2D eigenvalue weighted by Crippen LogP contribution is 2.37. The van der Waals surface area contributed by atoms with Gasteiger partial charge < -0.3 is 20.3 Å². The molecule has 1 aliphatic carbocycles. The SMILES string of the molecule is O=C(NCCc1ncno1)NCC1(C(=O)O)CCCC1. The lowest BCUT2D eigenvalue weighted by atomic mass is 9.86. The standard InChI is InChI=1S/C12H18N4O4/c17-10(18)12(4-1-2-5-12)7-14-11(19)13-6-3-9-15-8-16-20-9/h8H,1-7H2,(H,17,18)(H2,13,14,19). The Labute approximate surface area is 115 Å². The van der Waals surface area contributed by atoms with Crippen molar-refractivity contribution < 1.29 is 19.2 Å². The van der Waals surface area contributed by atoms with Gasteiger partial charge in [0.25, 0.3) is 0 Å². The Kier molecular flexibility index (Phi) is 4.54. The molecule has 3 N–H and O–H groups in total. The van der Waals surface area contributed by atoms with Crippen molar-refractivity contribution in [3.05, 3.63) is 12.2 Å². The summed E-state index contributed by atoms with van der Waals surface area (Å²) in [4.78, 5) is 26.7. The summed E-state index contributed by atoms with van der Waals surface area (Å²) in [6.45, 7) is 0.517. The summed E-state index contributed by atoms with van der Waals surface area (Å²) < 4.78 is 4.79. The number of nitrogens with zero attached hydrogens (tertiary/aromatic N) is 2. The molecule has 0 atom stereocenters. The summed E-state index contributed by atoms with van der Waals surface area (Å²) in [6.07, 6.45) is 4.76. The number of hydrogen-bond donors (Lipinski definition) is 3. The van der Waals surface area contributed by atoms with Gasteiger partial charge >= 0.3 is 12.0 Å². The molecule has 8 nitrogen and oxygen atoms in total. The van der Waals surface area contributed by atoms with Crippen LogP contribution in [0.15, 0.2) is 10.9 Å². The zero-order valence-corrected chi connectivity index (χ0v) is 11.1. The molecular weight excluding hydrogens is 264 g/mol. The third kappa shape index (κ3) is 3.46. The Morgan fingerprint density at radius 3 is 2.70 bits per heavy atom. The van der Waals surface area contributed by atoms with E-state index in [1.165, 1.54) is 6.33 Å². The highest BCUT2D eigenvalue weighted by Gasteiger charge is 2.41. The topological polar surface area (TPSA) is 117 Å². The second-order valence-electron chi connectivity index (χ2n) is 4.99. The Bertz CT molecular complexity index is 454. The van der Waals surface area contributed by atoms with E-state index in [-0.39, 0.29) is 12.6 Å². The first-order chi connectivity index (χ1) is 9.62. The summed E-state index contributed by atoms with van der Waals surface area (Å²) >= 11 is 0. The molecule has 110 valence electrons. The molecule has 8 heteroatoms. The molecule has 0 saturated heterocycles. The smallest absolute Gasteiger partial charge is 0.314 e. The fourth-order valence-corrected chi connectivity index (χ4v) is 2.42. The summed E-state index contributed by atoms with van der Waals surface area (Å²) in [7, 11) is 0. The minimum atomic E-state index is -0.832. The predicted molar refractivity (Wildman–Crippen MR) is 67.9 cm³/mol. The normalized spacial score (nSPS) is 16.8. The molecule has 1 heterocycles. The van der Waals surface area contributed by atoms with E-state index in [4.69, 9.17) is 4.52 Å². The maximum Gasteiger partial charge on any atom is 0.314 e. The van der Waals surface area contributed by atoms with Gasteiger partial charge in [0.2, 0.25) is 5.89 Å². The van der Waals surface area contributed by atoms with E-state index in [1.54, 1.807) is 0 Å². The van der Waals surface area contributed by atoms with Crippen molar-refractivity contribution >= 4 is 12.0 Å². The van der Waals surface area contributed by atoms with Gasteiger partial charge in [-0.1, -0.05) is 18.0 Å². The van der Waals surface area contributed by atoms with Crippen molar-refractivity contribution in [3.8, 4) is 0 Å². The van der Waals surface area contributed by atoms with E-state index in [2.05, 4.69) is 20.8 Å². The molecule has 0 unspecified atom stereocenters. The molecule has 2 amide bonds. The number of rotatable bonds is 6. The molecule has 0 radical (unpaired) electrons. The van der Waals surface area contributed by atoms with Crippen LogP contribution in [-0.2, 0) is 11.2 Å². The van der Waals surface area contributed by atoms with Gasteiger partial charge in [-0.15, -0.1) is 0 Å². The first-order valence-electron chi connectivity index (χ1n) is 6.63. The summed E-state index contributed by atoms with van der Waals surface area (Å²) in [5.41, 5.74) is -0.802. The number of carboxylic acid groups (broad SMARTS) is 1. The van der Waals surface area contributed by atoms with Crippen LogP contribution in [0.5, 0.6) is 0 Å². The highest BCUT2D eigenvalue weighted by molar-refractivity contribution is 5.78.